The lowest BCUT2D eigenvalue weighted by atomic mass is 9.51. The first-order chi connectivity index (χ1) is 13.5. The minimum atomic E-state index is -0.343. The third-order valence-corrected chi connectivity index (χ3v) is 9.55. The number of aromatic nitrogens is 3. The lowest BCUT2D eigenvalue weighted by molar-refractivity contribution is -0.129. The van der Waals surface area contributed by atoms with Gasteiger partial charge in [0.05, 0.1) is 18.0 Å². The molecule has 1 unspecified atom stereocenters. The maximum atomic E-state index is 13.1. The molecule has 6 rings (SSSR count). The summed E-state index contributed by atoms with van der Waals surface area (Å²) >= 11 is 0. The van der Waals surface area contributed by atoms with Crippen LogP contribution < -0.4 is 0 Å². The van der Waals surface area contributed by atoms with Gasteiger partial charge in [0, 0.05) is 11.8 Å². The predicted molar refractivity (Wildman–Crippen MR) is 104 cm³/mol. The molecule has 1 N–H and O–H groups in total. The van der Waals surface area contributed by atoms with E-state index in [1.165, 1.54) is 32.1 Å². The van der Waals surface area contributed by atoms with E-state index in [-0.39, 0.29) is 16.9 Å². The van der Waals surface area contributed by atoms with Crippen molar-refractivity contribution in [1.82, 2.24) is 15.0 Å². The Morgan fingerprint density at radius 2 is 2.00 bits per heavy atom. The zero-order valence-corrected chi connectivity index (χ0v) is 16.8. The van der Waals surface area contributed by atoms with Crippen LogP contribution in [-0.4, -0.2) is 31.5 Å². The molecule has 8 atom stereocenters. The molecule has 5 heteroatoms. The number of nitrogens with zero attached hydrogens (tertiary/aromatic N) is 3. The van der Waals surface area contributed by atoms with Crippen LogP contribution in [0.3, 0.4) is 0 Å². The summed E-state index contributed by atoms with van der Waals surface area (Å²) in [5.41, 5.74) is 1.41. The van der Waals surface area contributed by atoms with Crippen LogP contribution in [0.4, 0.5) is 0 Å². The van der Waals surface area contributed by atoms with Gasteiger partial charge < -0.3 is 5.11 Å². The molecule has 4 fully saturated rings. The fraction of sp³-hybridized carbons (Fsp3) is 0.783. The molecule has 0 bridgehead atoms. The first kappa shape index (κ1) is 17.4. The van der Waals surface area contributed by atoms with Crippen LogP contribution in [0.5, 0.6) is 0 Å². The summed E-state index contributed by atoms with van der Waals surface area (Å²) < 4.78 is 0. The van der Waals surface area contributed by atoms with Crippen LogP contribution in [0, 0.1) is 40.9 Å². The van der Waals surface area contributed by atoms with Gasteiger partial charge in [-0.1, -0.05) is 18.6 Å². The lowest BCUT2D eigenvalue weighted by Gasteiger charge is -2.53. The highest BCUT2D eigenvalue weighted by atomic mass is 16.3. The standard InChI is InChI=1S/C23H31N3O2/c1-22-8-6-14-15-7-9-23(28)12-20(23)17(15)3-2-16(14)18(22)4-5-19(22)21(27)13-26-24-10-11-25-26/h3,10-11,14-16,18-20,28H,2,4-9,12-13H2,1H3/t14-,15-,16-,18+,19-,20?,22+,23+/m1/s1. The van der Waals surface area contributed by atoms with E-state index in [1.807, 2.05) is 0 Å². The number of allylic oxidation sites excluding steroid dienone is 1. The number of hydrogen-bond acceptors (Lipinski definition) is 4. The highest BCUT2D eigenvalue weighted by Gasteiger charge is 2.63. The predicted octanol–water partition coefficient (Wildman–Crippen LogP) is 3.40. The number of fused-ring (bicyclic) bond motifs is 7. The molecule has 0 aromatic carbocycles. The maximum Gasteiger partial charge on any atom is 0.159 e. The number of carbonyl (C=O) groups excluding carboxylic acids is 1. The molecule has 1 heterocycles. The van der Waals surface area contributed by atoms with Gasteiger partial charge in [0.1, 0.15) is 6.54 Å². The van der Waals surface area contributed by atoms with Gasteiger partial charge in [-0.2, -0.15) is 15.0 Å². The fourth-order valence-electron chi connectivity index (χ4n) is 8.12. The zero-order valence-electron chi connectivity index (χ0n) is 16.8. The third-order valence-electron chi connectivity index (χ3n) is 9.55. The molecule has 0 radical (unpaired) electrons. The summed E-state index contributed by atoms with van der Waals surface area (Å²) in [6.07, 6.45) is 14.8. The van der Waals surface area contributed by atoms with E-state index in [1.54, 1.807) is 22.8 Å². The summed E-state index contributed by atoms with van der Waals surface area (Å²) in [5.74, 6) is 3.85. The quantitative estimate of drug-likeness (QED) is 0.815. The SMILES string of the molecule is C[C@]12CC[C@H]3[C@@H](CC=C4C5C[C@@]5(O)CC[C@@H]43)[C@@H]1CC[C@@H]2C(=O)Cn1nccn1. The van der Waals surface area contributed by atoms with Crippen LogP contribution in [0.15, 0.2) is 24.0 Å². The van der Waals surface area contributed by atoms with Crippen molar-refractivity contribution in [3.63, 3.8) is 0 Å². The topological polar surface area (TPSA) is 68.0 Å². The Hall–Kier alpha value is -1.49. The minimum Gasteiger partial charge on any atom is -0.389 e. The van der Waals surface area contributed by atoms with Crippen molar-refractivity contribution >= 4 is 5.78 Å². The van der Waals surface area contributed by atoms with Gasteiger partial charge in [-0.05, 0) is 80.5 Å². The molecule has 0 amide bonds. The molecule has 5 aliphatic carbocycles. The number of aliphatic hydroxyl groups is 1. The summed E-state index contributed by atoms with van der Waals surface area (Å²) in [7, 11) is 0. The Kier molecular flexibility index (Phi) is 3.58. The fourth-order valence-corrected chi connectivity index (χ4v) is 8.12. The molecule has 0 spiro atoms. The summed E-state index contributed by atoms with van der Waals surface area (Å²) in [6.45, 7) is 2.72. The zero-order chi connectivity index (χ0) is 19.1. The van der Waals surface area contributed by atoms with E-state index < -0.39 is 0 Å². The van der Waals surface area contributed by atoms with Crippen LogP contribution >= 0.6 is 0 Å². The van der Waals surface area contributed by atoms with Crippen molar-refractivity contribution in [2.45, 2.75) is 70.4 Å². The average Bonchev–Trinajstić information content (AvgIpc) is 3.00. The number of rotatable bonds is 3. The van der Waals surface area contributed by atoms with Crippen LogP contribution in [0.2, 0.25) is 0 Å². The van der Waals surface area contributed by atoms with E-state index in [9.17, 15) is 9.90 Å². The monoisotopic (exact) mass is 381 g/mol. The Morgan fingerprint density at radius 3 is 2.82 bits per heavy atom. The van der Waals surface area contributed by atoms with E-state index in [0.29, 0.717) is 30.1 Å². The molecule has 150 valence electrons. The second-order valence-electron chi connectivity index (χ2n) is 10.6. The second-order valence-corrected chi connectivity index (χ2v) is 10.6. The largest absolute Gasteiger partial charge is 0.389 e. The molecule has 1 aromatic rings. The molecule has 1 aromatic heterocycles. The average molecular weight is 382 g/mol. The molecule has 0 saturated heterocycles. The number of Topliss-reactive ketones (excluding diaryl/α,β-unsaturated/α-hetero) is 1. The first-order valence-electron chi connectivity index (χ1n) is 11.3. The Bertz CT molecular complexity index is 833. The van der Waals surface area contributed by atoms with E-state index in [0.717, 1.165) is 31.1 Å². The Labute approximate surface area is 166 Å². The van der Waals surface area contributed by atoms with E-state index in [2.05, 4.69) is 23.2 Å². The van der Waals surface area contributed by atoms with Gasteiger partial charge in [0.2, 0.25) is 0 Å². The second kappa shape index (κ2) is 5.78. The van der Waals surface area contributed by atoms with Crippen molar-refractivity contribution in [1.29, 1.82) is 0 Å². The van der Waals surface area contributed by atoms with E-state index in [4.69, 9.17) is 0 Å². The van der Waals surface area contributed by atoms with Crippen molar-refractivity contribution < 1.29 is 9.90 Å². The normalized spacial score (nSPS) is 48.7. The van der Waals surface area contributed by atoms with Crippen LogP contribution in [-0.2, 0) is 11.3 Å². The number of carbonyl (C=O) groups is 1. The number of ketones is 1. The lowest BCUT2D eigenvalue weighted by Crippen LogP contribution is -2.47. The van der Waals surface area contributed by atoms with Crippen molar-refractivity contribution in [2.24, 2.45) is 40.9 Å². The molecular weight excluding hydrogens is 350 g/mol. The Morgan fingerprint density at radius 1 is 1.18 bits per heavy atom. The van der Waals surface area contributed by atoms with Crippen LogP contribution in [0.1, 0.15) is 58.3 Å². The van der Waals surface area contributed by atoms with Gasteiger partial charge in [0.15, 0.2) is 5.78 Å². The minimum absolute atomic E-state index is 0.145. The van der Waals surface area contributed by atoms with Gasteiger partial charge in [0.25, 0.3) is 0 Å². The summed E-state index contributed by atoms with van der Waals surface area (Å²) in [5, 5.41) is 18.9. The summed E-state index contributed by atoms with van der Waals surface area (Å²) in [4.78, 5) is 14.6. The highest BCUT2D eigenvalue weighted by molar-refractivity contribution is 5.82. The number of hydrogen-bond donors (Lipinski definition) is 1. The van der Waals surface area contributed by atoms with Crippen molar-refractivity contribution in [3.8, 4) is 0 Å². The first-order valence-corrected chi connectivity index (χ1v) is 11.3. The molecule has 28 heavy (non-hydrogen) atoms. The third kappa shape index (κ3) is 2.31. The maximum absolute atomic E-state index is 13.1. The molecule has 4 saturated carbocycles. The van der Waals surface area contributed by atoms with Gasteiger partial charge in [-0.15, -0.1) is 0 Å². The molecule has 0 aliphatic heterocycles. The van der Waals surface area contributed by atoms with E-state index >= 15 is 0 Å². The summed E-state index contributed by atoms with van der Waals surface area (Å²) in [6, 6.07) is 0. The van der Waals surface area contributed by atoms with Crippen molar-refractivity contribution in [3.05, 3.63) is 24.0 Å². The van der Waals surface area contributed by atoms with Crippen molar-refractivity contribution in [2.75, 3.05) is 0 Å². The molecular formula is C23H31N3O2. The molecule has 5 nitrogen and oxygen atoms in total. The van der Waals surface area contributed by atoms with Gasteiger partial charge >= 0.3 is 0 Å². The highest BCUT2D eigenvalue weighted by Crippen LogP contribution is 2.67. The van der Waals surface area contributed by atoms with Gasteiger partial charge in [-0.3, -0.25) is 4.79 Å². The molecule has 5 aliphatic rings. The smallest absolute Gasteiger partial charge is 0.159 e. The van der Waals surface area contributed by atoms with Gasteiger partial charge in [-0.25, -0.2) is 0 Å². The van der Waals surface area contributed by atoms with Crippen LogP contribution in [0.25, 0.3) is 0 Å². The Balaban J connectivity index is 1.24.